The first-order chi connectivity index (χ1) is 9.94. The molecule has 1 aliphatic carbocycles. The van der Waals surface area contributed by atoms with Gasteiger partial charge in [0.2, 0.25) is 11.8 Å². The lowest BCUT2D eigenvalue weighted by Crippen LogP contribution is -2.67. The highest BCUT2D eigenvalue weighted by molar-refractivity contribution is 6.19. The van der Waals surface area contributed by atoms with Crippen molar-refractivity contribution in [3.05, 3.63) is 0 Å². The fraction of sp³-hybridized carbons (Fsp3) is 0.800. The van der Waals surface area contributed by atoms with Gasteiger partial charge in [-0.3, -0.25) is 19.8 Å². The largest absolute Gasteiger partial charge is 0.383 e. The topological polar surface area (TPSA) is 75.7 Å². The summed E-state index contributed by atoms with van der Waals surface area (Å²) in [5, 5.41) is 2.39. The van der Waals surface area contributed by atoms with E-state index in [1.54, 1.807) is 7.11 Å². The second kappa shape index (κ2) is 6.13. The molecule has 6 heteroatoms. The Balaban J connectivity index is 2.34. The van der Waals surface area contributed by atoms with Crippen molar-refractivity contribution in [1.29, 1.82) is 0 Å². The molecule has 6 nitrogen and oxygen atoms in total. The van der Waals surface area contributed by atoms with E-state index in [0.29, 0.717) is 12.8 Å². The number of methoxy groups -OCH3 is 1. The number of urea groups is 1. The van der Waals surface area contributed by atoms with Gasteiger partial charge in [-0.05, 0) is 18.8 Å². The van der Waals surface area contributed by atoms with Crippen LogP contribution in [0.2, 0.25) is 0 Å². The van der Waals surface area contributed by atoms with Crippen LogP contribution in [0.5, 0.6) is 0 Å². The molecule has 0 aromatic heterocycles. The Bertz CT molecular complexity index is 441. The molecule has 1 unspecified atom stereocenters. The number of nitrogens with zero attached hydrogens (tertiary/aromatic N) is 1. The lowest BCUT2D eigenvalue weighted by molar-refractivity contribution is -0.157. The molecule has 1 saturated carbocycles. The van der Waals surface area contributed by atoms with Crippen LogP contribution in [0.1, 0.15) is 46.0 Å². The Morgan fingerprint density at radius 2 is 1.81 bits per heavy atom. The molecule has 1 spiro atoms. The molecular formula is C15H24N2O4. The maximum absolute atomic E-state index is 12.9. The molecule has 1 N–H and O–H groups in total. The summed E-state index contributed by atoms with van der Waals surface area (Å²) in [6.07, 6.45) is 3.77. The normalized spacial score (nSPS) is 23.6. The number of carbonyl (C=O) groups is 3. The Labute approximate surface area is 125 Å². The molecule has 2 aliphatic rings. The summed E-state index contributed by atoms with van der Waals surface area (Å²) in [6, 6.07) is -0.966. The summed E-state index contributed by atoms with van der Waals surface area (Å²) < 4.78 is 5.16. The quantitative estimate of drug-likeness (QED) is 0.801. The molecule has 1 heterocycles. The minimum Gasteiger partial charge on any atom is -0.383 e. The Morgan fingerprint density at radius 1 is 1.19 bits per heavy atom. The lowest BCUT2D eigenvalue weighted by atomic mass is 9.71. The highest BCUT2D eigenvalue weighted by atomic mass is 16.5. The van der Waals surface area contributed by atoms with E-state index in [-0.39, 0.29) is 24.5 Å². The summed E-state index contributed by atoms with van der Waals surface area (Å²) in [5.74, 6) is -0.700. The molecule has 1 aliphatic heterocycles. The zero-order chi connectivity index (χ0) is 15.6. The smallest absolute Gasteiger partial charge is 0.331 e. The van der Waals surface area contributed by atoms with Crippen LogP contribution in [-0.2, 0) is 14.3 Å². The second-order valence-electron chi connectivity index (χ2n) is 6.34. The zero-order valence-electron chi connectivity index (χ0n) is 13.0. The van der Waals surface area contributed by atoms with E-state index < -0.39 is 17.4 Å². The highest BCUT2D eigenvalue weighted by Crippen LogP contribution is 2.41. The summed E-state index contributed by atoms with van der Waals surface area (Å²) in [7, 11) is 1.54. The SMILES string of the molecule is COCC(C(C)C)N1C(=O)NC(=O)C2(CCCCC2)C1=O. The van der Waals surface area contributed by atoms with Crippen molar-refractivity contribution in [3.63, 3.8) is 0 Å². The first-order valence-corrected chi connectivity index (χ1v) is 7.62. The molecule has 118 valence electrons. The summed E-state index contributed by atoms with van der Waals surface area (Å²) in [6.45, 7) is 4.16. The second-order valence-corrected chi connectivity index (χ2v) is 6.34. The minimum atomic E-state index is -1.05. The molecule has 21 heavy (non-hydrogen) atoms. The van der Waals surface area contributed by atoms with Crippen molar-refractivity contribution in [2.24, 2.45) is 11.3 Å². The third-order valence-corrected chi connectivity index (χ3v) is 4.65. The standard InChI is InChI=1S/C15H24N2O4/c1-10(2)11(9-21-3)17-13(19)15(7-5-4-6-8-15)12(18)16-14(17)20/h10-11H,4-9H2,1-3H3,(H,16,18,20). The first-order valence-electron chi connectivity index (χ1n) is 7.62. The molecule has 2 fully saturated rings. The fourth-order valence-electron chi connectivity index (χ4n) is 3.33. The monoisotopic (exact) mass is 296 g/mol. The molecule has 0 bridgehead atoms. The predicted molar refractivity (Wildman–Crippen MR) is 76.4 cm³/mol. The number of rotatable bonds is 4. The van der Waals surface area contributed by atoms with Gasteiger partial charge in [-0.1, -0.05) is 33.1 Å². The molecule has 0 aromatic rings. The molecular weight excluding hydrogens is 272 g/mol. The molecule has 2 rings (SSSR count). The maximum Gasteiger partial charge on any atom is 0.331 e. The Kier molecular flexibility index (Phi) is 4.66. The van der Waals surface area contributed by atoms with Crippen LogP contribution < -0.4 is 5.32 Å². The van der Waals surface area contributed by atoms with Crippen molar-refractivity contribution < 1.29 is 19.1 Å². The maximum atomic E-state index is 12.9. The summed E-state index contributed by atoms with van der Waals surface area (Å²) >= 11 is 0. The van der Waals surface area contributed by atoms with Gasteiger partial charge in [0.15, 0.2) is 0 Å². The van der Waals surface area contributed by atoms with Crippen molar-refractivity contribution in [2.45, 2.75) is 52.0 Å². The van der Waals surface area contributed by atoms with Crippen LogP contribution in [0.25, 0.3) is 0 Å². The van der Waals surface area contributed by atoms with Gasteiger partial charge in [0.05, 0.1) is 12.6 Å². The third kappa shape index (κ3) is 2.69. The number of imide groups is 2. The van der Waals surface area contributed by atoms with Crippen molar-refractivity contribution in [1.82, 2.24) is 10.2 Å². The van der Waals surface area contributed by atoms with E-state index in [0.717, 1.165) is 19.3 Å². The van der Waals surface area contributed by atoms with Gasteiger partial charge in [0.25, 0.3) is 0 Å². The van der Waals surface area contributed by atoms with Crippen LogP contribution >= 0.6 is 0 Å². The van der Waals surface area contributed by atoms with Crippen molar-refractivity contribution in [2.75, 3.05) is 13.7 Å². The lowest BCUT2D eigenvalue weighted by Gasteiger charge is -2.44. The van der Waals surface area contributed by atoms with E-state index >= 15 is 0 Å². The average molecular weight is 296 g/mol. The molecule has 1 saturated heterocycles. The average Bonchev–Trinajstić information content (AvgIpc) is 2.45. The highest BCUT2D eigenvalue weighted by Gasteiger charge is 2.55. The number of ether oxygens (including phenoxy) is 1. The number of hydrogen-bond acceptors (Lipinski definition) is 4. The van der Waals surface area contributed by atoms with E-state index in [1.807, 2.05) is 13.8 Å². The number of hydrogen-bond donors (Lipinski definition) is 1. The predicted octanol–water partition coefficient (Wildman–Crippen LogP) is 1.69. The van der Waals surface area contributed by atoms with Crippen LogP contribution in [0, 0.1) is 11.3 Å². The third-order valence-electron chi connectivity index (χ3n) is 4.65. The van der Waals surface area contributed by atoms with Gasteiger partial charge < -0.3 is 4.74 Å². The number of nitrogens with one attached hydrogen (secondary N) is 1. The summed E-state index contributed by atoms with van der Waals surface area (Å²) in [4.78, 5) is 38.6. The summed E-state index contributed by atoms with van der Waals surface area (Å²) in [5.41, 5.74) is -1.05. The molecule has 1 atom stereocenters. The Hall–Kier alpha value is -1.43. The van der Waals surface area contributed by atoms with Gasteiger partial charge in [0, 0.05) is 7.11 Å². The van der Waals surface area contributed by atoms with Crippen LogP contribution in [0.3, 0.4) is 0 Å². The van der Waals surface area contributed by atoms with Gasteiger partial charge in [0.1, 0.15) is 5.41 Å². The van der Waals surface area contributed by atoms with E-state index in [1.165, 1.54) is 4.90 Å². The van der Waals surface area contributed by atoms with E-state index in [9.17, 15) is 14.4 Å². The van der Waals surface area contributed by atoms with Gasteiger partial charge in [-0.2, -0.15) is 0 Å². The number of barbiturate groups is 1. The van der Waals surface area contributed by atoms with Crippen molar-refractivity contribution >= 4 is 17.8 Å². The minimum absolute atomic E-state index is 0.0634. The van der Waals surface area contributed by atoms with Gasteiger partial charge in [-0.25, -0.2) is 4.79 Å². The number of carbonyl (C=O) groups excluding carboxylic acids is 3. The first kappa shape index (κ1) is 15.9. The van der Waals surface area contributed by atoms with Crippen LogP contribution in [-0.4, -0.2) is 42.5 Å². The van der Waals surface area contributed by atoms with Crippen LogP contribution in [0.15, 0.2) is 0 Å². The van der Waals surface area contributed by atoms with Crippen LogP contribution in [0.4, 0.5) is 4.79 Å². The van der Waals surface area contributed by atoms with Gasteiger partial charge in [-0.15, -0.1) is 0 Å². The zero-order valence-corrected chi connectivity index (χ0v) is 13.0. The molecule has 4 amide bonds. The molecule has 0 aromatic carbocycles. The Morgan fingerprint density at radius 3 is 2.33 bits per heavy atom. The van der Waals surface area contributed by atoms with E-state index in [4.69, 9.17) is 4.74 Å². The van der Waals surface area contributed by atoms with E-state index in [2.05, 4.69) is 5.32 Å². The number of amides is 4. The van der Waals surface area contributed by atoms with Gasteiger partial charge >= 0.3 is 6.03 Å². The molecule has 0 radical (unpaired) electrons. The van der Waals surface area contributed by atoms with Crippen molar-refractivity contribution in [3.8, 4) is 0 Å². The fourth-order valence-corrected chi connectivity index (χ4v) is 3.33.